The molecule has 2 radical (unpaired) electrons. The lowest BCUT2D eigenvalue weighted by Crippen LogP contribution is -2.13. The molecule has 11 heteroatoms. The Morgan fingerprint density at radius 1 is 0.815 bits per heavy atom. The van der Waals surface area contributed by atoms with Crippen molar-refractivity contribution in [1.29, 1.82) is 0 Å². The van der Waals surface area contributed by atoms with Crippen LogP contribution in [0.4, 0.5) is 5.69 Å². The van der Waals surface area contributed by atoms with Crippen molar-refractivity contribution in [2.45, 2.75) is 14.0 Å². The molecule has 0 spiro atoms. The SMILES string of the molecule is O.O.O=S(=O)(Nc1ccc[c]([Al])c1)c1cc(S(=O)(=O)c2ccccc2)cs1. The molecule has 2 aromatic carbocycles. The van der Waals surface area contributed by atoms with Gasteiger partial charge < -0.3 is 11.0 Å². The third kappa shape index (κ3) is 5.18. The van der Waals surface area contributed by atoms with Crippen molar-refractivity contribution in [3.05, 3.63) is 66.0 Å². The zero-order valence-electron chi connectivity index (χ0n) is 13.8. The summed E-state index contributed by atoms with van der Waals surface area (Å²) >= 11 is 3.35. The lowest BCUT2D eigenvalue weighted by Gasteiger charge is -2.07. The van der Waals surface area contributed by atoms with Gasteiger partial charge in [0.25, 0.3) is 10.0 Å². The molecule has 0 aliphatic rings. The molecule has 0 saturated heterocycles. The minimum Gasteiger partial charge on any atom is -0.412 e. The summed E-state index contributed by atoms with van der Waals surface area (Å²) in [6.45, 7) is 0. The molecule has 1 heterocycles. The molecule has 3 rings (SSSR count). The molecule has 3 aromatic rings. The highest BCUT2D eigenvalue weighted by Crippen LogP contribution is 2.29. The molecule has 27 heavy (non-hydrogen) atoms. The predicted octanol–water partition coefficient (Wildman–Crippen LogP) is 0.526. The van der Waals surface area contributed by atoms with E-state index in [-0.39, 0.29) is 25.0 Å². The topological polar surface area (TPSA) is 143 Å². The van der Waals surface area contributed by atoms with Crippen LogP contribution in [-0.2, 0) is 19.9 Å². The van der Waals surface area contributed by atoms with Crippen molar-refractivity contribution in [1.82, 2.24) is 0 Å². The van der Waals surface area contributed by atoms with Crippen LogP contribution in [0.1, 0.15) is 0 Å². The molecule has 0 aliphatic heterocycles. The maximum atomic E-state index is 12.6. The van der Waals surface area contributed by atoms with Crippen molar-refractivity contribution < 1.29 is 27.8 Å². The minimum absolute atomic E-state index is 0. The zero-order valence-corrected chi connectivity index (χ0v) is 17.4. The number of hydrogen-bond donors (Lipinski definition) is 1. The number of thiophene rings is 1. The van der Waals surface area contributed by atoms with E-state index < -0.39 is 19.9 Å². The maximum absolute atomic E-state index is 12.6. The van der Waals surface area contributed by atoms with Crippen LogP contribution in [-0.4, -0.2) is 44.1 Å². The van der Waals surface area contributed by atoms with Gasteiger partial charge in [-0.1, -0.05) is 36.4 Å². The predicted molar refractivity (Wildman–Crippen MR) is 106 cm³/mol. The Bertz CT molecular complexity index is 1110. The average molecular weight is 441 g/mol. The average Bonchev–Trinajstić information content (AvgIpc) is 3.07. The Morgan fingerprint density at radius 2 is 1.48 bits per heavy atom. The van der Waals surface area contributed by atoms with Gasteiger partial charge in [0, 0.05) is 11.1 Å². The van der Waals surface area contributed by atoms with E-state index in [9.17, 15) is 16.8 Å². The van der Waals surface area contributed by atoms with Gasteiger partial charge in [-0.3, -0.25) is 4.72 Å². The highest BCUT2D eigenvalue weighted by atomic mass is 32.2. The van der Waals surface area contributed by atoms with E-state index in [4.69, 9.17) is 0 Å². The third-order valence-electron chi connectivity index (χ3n) is 3.32. The number of hydrogen-bond acceptors (Lipinski definition) is 5. The van der Waals surface area contributed by atoms with Gasteiger partial charge in [0.2, 0.25) is 9.84 Å². The Balaban J connectivity index is 0.00000182. The van der Waals surface area contributed by atoms with Crippen LogP contribution >= 0.6 is 11.3 Å². The van der Waals surface area contributed by atoms with Gasteiger partial charge in [0.1, 0.15) is 4.21 Å². The van der Waals surface area contributed by atoms with Gasteiger partial charge in [-0.15, -0.1) is 15.8 Å². The van der Waals surface area contributed by atoms with Gasteiger partial charge in [0.15, 0.2) is 16.3 Å². The molecule has 0 aliphatic carbocycles. The molecule has 5 N–H and O–H groups in total. The number of benzene rings is 2. The molecular weight excluding hydrogens is 425 g/mol. The van der Waals surface area contributed by atoms with E-state index in [1.165, 1.54) is 23.6 Å². The monoisotopic (exact) mass is 441 g/mol. The molecule has 0 saturated carbocycles. The smallest absolute Gasteiger partial charge is 0.271 e. The van der Waals surface area contributed by atoms with Crippen LogP contribution in [0.2, 0.25) is 0 Å². The Kier molecular flexibility index (Phi) is 7.77. The van der Waals surface area contributed by atoms with E-state index in [0.29, 0.717) is 5.69 Å². The first-order valence-corrected chi connectivity index (χ1v) is 11.5. The van der Waals surface area contributed by atoms with Crippen LogP contribution in [0.15, 0.2) is 80.0 Å². The second-order valence-electron chi connectivity index (χ2n) is 5.15. The van der Waals surface area contributed by atoms with Crippen molar-refractivity contribution in [2.24, 2.45) is 0 Å². The normalized spacial score (nSPS) is 11.1. The molecule has 7 nitrogen and oxygen atoms in total. The van der Waals surface area contributed by atoms with E-state index in [1.54, 1.807) is 36.4 Å². The molecular formula is C16H16AlNO6S3. The number of rotatable bonds is 5. The van der Waals surface area contributed by atoms with Crippen LogP contribution in [0, 0.1) is 0 Å². The molecule has 1 aromatic heterocycles. The molecule has 0 unspecified atom stereocenters. The van der Waals surface area contributed by atoms with E-state index in [1.807, 2.05) is 6.07 Å². The van der Waals surface area contributed by atoms with Gasteiger partial charge in [0.05, 0.1) is 9.79 Å². The summed E-state index contributed by atoms with van der Waals surface area (Å²) in [6.07, 6.45) is 0. The fraction of sp³-hybridized carbons (Fsp3) is 0. The van der Waals surface area contributed by atoms with Gasteiger partial charge in [-0.05, 0) is 24.3 Å². The highest BCUT2D eigenvalue weighted by molar-refractivity contribution is 7.95. The highest BCUT2D eigenvalue weighted by Gasteiger charge is 2.23. The Labute approximate surface area is 169 Å². The molecule has 0 bridgehead atoms. The summed E-state index contributed by atoms with van der Waals surface area (Å²) in [6, 6.07) is 15.9. The molecule has 0 amide bonds. The summed E-state index contributed by atoms with van der Waals surface area (Å²) in [5.41, 5.74) is 0.411. The van der Waals surface area contributed by atoms with Crippen LogP contribution < -0.4 is 9.15 Å². The standard InChI is InChI=1S/C16H12NO4S3.Al.2H2O/c18-23(19,14-9-5-2-6-10-14)15-11-16(22-12-15)24(20,21)17-13-7-3-1-4-8-13;;;/h1-3,5-12,17H;;2*1H2. The van der Waals surface area contributed by atoms with Gasteiger partial charge in [-0.2, -0.15) is 0 Å². The van der Waals surface area contributed by atoms with Gasteiger partial charge >= 0.3 is 0 Å². The van der Waals surface area contributed by atoms with Crippen molar-refractivity contribution in [3.63, 3.8) is 0 Å². The minimum atomic E-state index is -3.86. The first kappa shape index (κ1) is 23.3. The Hall–Kier alpha value is -1.71. The number of sulfonamides is 1. The number of nitrogens with one attached hydrogen (secondary N) is 1. The molecule has 0 fully saturated rings. The van der Waals surface area contributed by atoms with E-state index in [0.717, 1.165) is 15.8 Å². The molecule has 0 atom stereocenters. The quantitative estimate of drug-likeness (QED) is 0.576. The summed E-state index contributed by atoms with van der Waals surface area (Å²) in [4.78, 5) is 0.0873. The summed E-state index contributed by atoms with van der Waals surface area (Å²) in [5.74, 6) is 0. The summed E-state index contributed by atoms with van der Waals surface area (Å²) < 4.78 is 53.3. The lowest BCUT2D eigenvalue weighted by atomic mass is 10.3. The summed E-state index contributed by atoms with van der Waals surface area (Å²) in [5, 5.41) is 1.34. The number of anilines is 1. The maximum Gasteiger partial charge on any atom is 0.271 e. The zero-order chi connectivity index (χ0) is 18.1. The van der Waals surface area contributed by atoms with Gasteiger partial charge in [-0.25, -0.2) is 16.8 Å². The Morgan fingerprint density at radius 3 is 2.11 bits per heavy atom. The summed E-state index contributed by atoms with van der Waals surface area (Å²) in [7, 11) is -7.60. The first-order valence-electron chi connectivity index (χ1n) is 7.06. The fourth-order valence-corrected chi connectivity index (χ4v) is 6.37. The van der Waals surface area contributed by atoms with Crippen LogP contribution in [0.5, 0.6) is 0 Å². The van der Waals surface area contributed by atoms with Crippen molar-refractivity contribution in [2.75, 3.05) is 4.72 Å². The largest absolute Gasteiger partial charge is 0.412 e. The van der Waals surface area contributed by atoms with Crippen molar-refractivity contribution in [3.8, 4) is 0 Å². The molecule has 142 valence electrons. The second-order valence-corrected chi connectivity index (χ2v) is 10.6. The van der Waals surface area contributed by atoms with E-state index >= 15 is 0 Å². The lowest BCUT2D eigenvalue weighted by molar-refractivity contribution is 0.596. The number of sulfone groups is 1. The van der Waals surface area contributed by atoms with E-state index in [2.05, 4.69) is 21.0 Å². The van der Waals surface area contributed by atoms with Crippen molar-refractivity contribution >= 4 is 57.6 Å². The fourth-order valence-electron chi connectivity index (χ4n) is 2.13. The second kappa shape index (κ2) is 8.99. The van der Waals surface area contributed by atoms with Crippen LogP contribution in [0.3, 0.4) is 0 Å². The first-order chi connectivity index (χ1) is 11.8. The third-order valence-corrected chi connectivity index (χ3v) is 8.40. The van der Waals surface area contributed by atoms with Crippen LogP contribution in [0.25, 0.3) is 0 Å².